The third-order valence-electron chi connectivity index (χ3n) is 4.14. The van der Waals surface area contributed by atoms with Crippen molar-refractivity contribution in [3.63, 3.8) is 0 Å². The summed E-state index contributed by atoms with van der Waals surface area (Å²) in [6.45, 7) is 5.58. The summed E-state index contributed by atoms with van der Waals surface area (Å²) in [5, 5.41) is 2.73. The van der Waals surface area contributed by atoms with Crippen LogP contribution in [0, 0.1) is 13.8 Å². The van der Waals surface area contributed by atoms with Crippen LogP contribution in [-0.4, -0.2) is 31.7 Å². The molecule has 2 aromatic carbocycles. The molecule has 0 radical (unpaired) electrons. The van der Waals surface area contributed by atoms with Gasteiger partial charge in [-0.05, 0) is 61.7 Å². The number of aryl methyl sites for hydroxylation is 2. The number of methoxy groups -OCH3 is 1. The maximum Gasteiger partial charge on any atom is 0.344 e. The fraction of sp³-hybridized carbons (Fsp3) is 0.333. The maximum atomic E-state index is 12.1. The SMILES string of the molecule is COc1ccc(CNC(=O)[C@@H](C)OC(=O)COc2ccc(C)c(C)c2)cc1. The van der Waals surface area contributed by atoms with Crippen LogP contribution >= 0.6 is 0 Å². The van der Waals surface area contributed by atoms with Gasteiger partial charge in [-0.3, -0.25) is 4.79 Å². The summed E-state index contributed by atoms with van der Waals surface area (Å²) in [4.78, 5) is 24.0. The van der Waals surface area contributed by atoms with Gasteiger partial charge in [-0.25, -0.2) is 4.79 Å². The normalized spacial score (nSPS) is 11.4. The Morgan fingerprint density at radius 2 is 1.67 bits per heavy atom. The van der Waals surface area contributed by atoms with E-state index in [0.717, 1.165) is 22.4 Å². The van der Waals surface area contributed by atoms with Crippen LogP contribution in [0.1, 0.15) is 23.6 Å². The van der Waals surface area contributed by atoms with E-state index >= 15 is 0 Å². The van der Waals surface area contributed by atoms with Crippen LogP contribution in [0.25, 0.3) is 0 Å². The van der Waals surface area contributed by atoms with E-state index in [4.69, 9.17) is 14.2 Å². The highest BCUT2D eigenvalue weighted by molar-refractivity contribution is 5.83. The lowest BCUT2D eigenvalue weighted by molar-refractivity contribution is -0.156. The van der Waals surface area contributed by atoms with Crippen molar-refractivity contribution in [2.24, 2.45) is 0 Å². The fourth-order valence-electron chi connectivity index (χ4n) is 2.31. The largest absolute Gasteiger partial charge is 0.497 e. The molecule has 1 N–H and O–H groups in total. The van der Waals surface area contributed by atoms with E-state index in [9.17, 15) is 9.59 Å². The van der Waals surface area contributed by atoms with Crippen molar-refractivity contribution in [1.29, 1.82) is 0 Å². The highest BCUT2D eigenvalue weighted by Crippen LogP contribution is 2.16. The van der Waals surface area contributed by atoms with Gasteiger partial charge in [0.1, 0.15) is 11.5 Å². The summed E-state index contributed by atoms with van der Waals surface area (Å²) >= 11 is 0. The highest BCUT2D eigenvalue weighted by Gasteiger charge is 2.18. The van der Waals surface area contributed by atoms with E-state index in [2.05, 4.69) is 5.32 Å². The van der Waals surface area contributed by atoms with E-state index in [1.807, 2.05) is 50.2 Å². The van der Waals surface area contributed by atoms with Crippen LogP contribution in [0.15, 0.2) is 42.5 Å². The summed E-state index contributed by atoms with van der Waals surface area (Å²) in [6.07, 6.45) is -0.904. The van der Waals surface area contributed by atoms with Crippen LogP contribution in [-0.2, 0) is 20.9 Å². The molecule has 1 amide bonds. The molecule has 0 spiro atoms. The lowest BCUT2D eigenvalue weighted by atomic mass is 10.1. The summed E-state index contributed by atoms with van der Waals surface area (Å²) in [6, 6.07) is 12.9. The first-order valence-corrected chi connectivity index (χ1v) is 8.69. The number of nitrogens with one attached hydrogen (secondary N) is 1. The molecule has 0 aliphatic carbocycles. The zero-order valence-corrected chi connectivity index (χ0v) is 16.1. The van der Waals surface area contributed by atoms with Crippen LogP contribution in [0.5, 0.6) is 11.5 Å². The third kappa shape index (κ3) is 6.33. The molecule has 0 aromatic heterocycles. The number of esters is 1. The van der Waals surface area contributed by atoms with Gasteiger partial charge in [-0.2, -0.15) is 0 Å². The molecule has 0 bridgehead atoms. The summed E-state index contributed by atoms with van der Waals surface area (Å²) in [7, 11) is 1.59. The second kappa shape index (κ2) is 9.62. The minimum Gasteiger partial charge on any atom is -0.497 e. The molecule has 2 rings (SSSR count). The molecule has 6 nitrogen and oxygen atoms in total. The molecule has 6 heteroatoms. The van der Waals surface area contributed by atoms with E-state index in [-0.39, 0.29) is 12.5 Å². The molecule has 1 atom stereocenters. The third-order valence-corrected chi connectivity index (χ3v) is 4.14. The molecule has 0 saturated carbocycles. The number of carbonyl (C=O) groups excluding carboxylic acids is 2. The topological polar surface area (TPSA) is 73.9 Å². The van der Waals surface area contributed by atoms with Crippen molar-refractivity contribution >= 4 is 11.9 Å². The Morgan fingerprint density at radius 3 is 2.30 bits per heavy atom. The summed E-state index contributed by atoms with van der Waals surface area (Å²) in [5.74, 6) is 0.369. The summed E-state index contributed by atoms with van der Waals surface area (Å²) in [5.41, 5.74) is 3.14. The van der Waals surface area contributed by atoms with Crippen LogP contribution in [0.4, 0.5) is 0 Å². The Labute approximate surface area is 159 Å². The molecular formula is C21H25NO5. The van der Waals surface area contributed by atoms with Crippen molar-refractivity contribution in [2.45, 2.75) is 33.4 Å². The average Bonchev–Trinajstić information content (AvgIpc) is 2.67. The smallest absolute Gasteiger partial charge is 0.344 e. The minimum absolute atomic E-state index is 0.251. The van der Waals surface area contributed by atoms with Crippen molar-refractivity contribution in [2.75, 3.05) is 13.7 Å². The van der Waals surface area contributed by atoms with Gasteiger partial charge >= 0.3 is 5.97 Å². The predicted molar refractivity (Wildman–Crippen MR) is 102 cm³/mol. The lowest BCUT2D eigenvalue weighted by Crippen LogP contribution is -2.36. The lowest BCUT2D eigenvalue weighted by Gasteiger charge is -2.14. The van der Waals surface area contributed by atoms with Gasteiger partial charge in [0.05, 0.1) is 7.11 Å². The first-order valence-electron chi connectivity index (χ1n) is 8.69. The Bertz CT molecular complexity index is 786. The number of carbonyl (C=O) groups is 2. The van der Waals surface area contributed by atoms with E-state index < -0.39 is 12.1 Å². The van der Waals surface area contributed by atoms with Gasteiger partial charge in [0, 0.05) is 6.54 Å². The highest BCUT2D eigenvalue weighted by atomic mass is 16.6. The Hall–Kier alpha value is -3.02. The molecule has 0 aliphatic rings. The maximum absolute atomic E-state index is 12.1. The first-order chi connectivity index (χ1) is 12.9. The first kappa shape index (κ1) is 20.3. The second-order valence-electron chi connectivity index (χ2n) is 6.23. The number of hydrogen-bond donors (Lipinski definition) is 1. The van der Waals surface area contributed by atoms with E-state index in [1.54, 1.807) is 13.2 Å². The van der Waals surface area contributed by atoms with Crippen LogP contribution in [0.2, 0.25) is 0 Å². The minimum atomic E-state index is -0.904. The molecule has 0 heterocycles. The standard InChI is InChI=1S/C21H25NO5/c1-14-5-8-19(11-15(14)2)26-13-20(23)27-16(3)21(24)22-12-17-6-9-18(25-4)10-7-17/h5-11,16H,12-13H2,1-4H3,(H,22,24)/t16-/m1/s1. The van der Waals surface area contributed by atoms with Crippen molar-refractivity contribution in [1.82, 2.24) is 5.32 Å². The molecular weight excluding hydrogens is 346 g/mol. The van der Waals surface area contributed by atoms with E-state index in [0.29, 0.717) is 12.3 Å². The Morgan fingerprint density at radius 1 is 1.00 bits per heavy atom. The number of ether oxygens (including phenoxy) is 3. The number of rotatable bonds is 8. The van der Waals surface area contributed by atoms with Gasteiger partial charge in [-0.1, -0.05) is 18.2 Å². The van der Waals surface area contributed by atoms with Gasteiger partial charge < -0.3 is 19.5 Å². The number of hydrogen-bond acceptors (Lipinski definition) is 5. The molecule has 0 saturated heterocycles. The summed E-state index contributed by atoms with van der Waals surface area (Å²) < 4.78 is 15.6. The van der Waals surface area contributed by atoms with Gasteiger partial charge in [-0.15, -0.1) is 0 Å². The predicted octanol–water partition coefficient (Wildman–Crippen LogP) is 2.94. The fourth-order valence-corrected chi connectivity index (χ4v) is 2.31. The van der Waals surface area contributed by atoms with Gasteiger partial charge in [0.25, 0.3) is 5.91 Å². The van der Waals surface area contributed by atoms with Crippen molar-refractivity contribution in [3.05, 3.63) is 59.2 Å². The molecule has 144 valence electrons. The number of amides is 1. The van der Waals surface area contributed by atoms with Gasteiger partial charge in [0.2, 0.25) is 0 Å². The number of benzene rings is 2. The Balaban J connectivity index is 1.75. The van der Waals surface area contributed by atoms with E-state index in [1.165, 1.54) is 6.92 Å². The molecule has 2 aromatic rings. The van der Waals surface area contributed by atoms with Crippen molar-refractivity contribution in [3.8, 4) is 11.5 Å². The zero-order chi connectivity index (χ0) is 19.8. The molecule has 0 unspecified atom stereocenters. The average molecular weight is 371 g/mol. The monoisotopic (exact) mass is 371 g/mol. The molecule has 0 fully saturated rings. The second-order valence-corrected chi connectivity index (χ2v) is 6.23. The van der Waals surface area contributed by atoms with Gasteiger partial charge in [0.15, 0.2) is 12.7 Å². The van der Waals surface area contributed by atoms with Crippen LogP contribution < -0.4 is 14.8 Å². The Kier molecular flexibility index (Phi) is 7.23. The molecule has 0 aliphatic heterocycles. The quantitative estimate of drug-likeness (QED) is 0.722. The van der Waals surface area contributed by atoms with Crippen molar-refractivity contribution < 1.29 is 23.8 Å². The molecule has 27 heavy (non-hydrogen) atoms. The van der Waals surface area contributed by atoms with Crippen LogP contribution in [0.3, 0.4) is 0 Å². The zero-order valence-electron chi connectivity index (χ0n) is 16.1.